The van der Waals surface area contributed by atoms with Crippen LogP contribution in [-0.2, 0) is 6.54 Å². The number of aromatic nitrogens is 2. The molecular formula is C13H13IN2O3. The van der Waals surface area contributed by atoms with Crippen LogP contribution in [0.1, 0.15) is 16.2 Å². The topological polar surface area (TPSA) is 64.4 Å². The van der Waals surface area contributed by atoms with E-state index < -0.39 is 5.97 Å². The lowest BCUT2D eigenvalue weighted by molar-refractivity contribution is 0.0696. The van der Waals surface area contributed by atoms with Gasteiger partial charge in [0.05, 0.1) is 15.7 Å². The van der Waals surface area contributed by atoms with E-state index in [1.165, 1.54) is 0 Å². The average molecular weight is 372 g/mol. The van der Waals surface area contributed by atoms with E-state index in [0.717, 1.165) is 9.39 Å². The lowest BCUT2D eigenvalue weighted by Gasteiger charge is -2.10. The number of aromatic carboxylic acids is 1. The maximum atomic E-state index is 10.9. The Balaban J connectivity index is 2.01. The van der Waals surface area contributed by atoms with Crippen LogP contribution in [-0.4, -0.2) is 27.2 Å². The Labute approximate surface area is 124 Å². The molecule has 0 bridgehead atoms. The van der Waals surface area contributed by atoms with Gasteiger partial charge >= 0.3 is 5.97 Å². The van der Waals surface area contributed by atoms with Gasteiger partial charge in [0, 0.05) is 12.4 Å². The lowest BCUT2D eigenvalue weighted by atomic mass is 10.2. The van der Waals surface area contributed by atoms with E-state index in [0.29, 0.717) is 18.9 Å². The van der Waals surface area contributed by atoms with Gasteiger partial charge in [-0.2, -0.15) is 0 Å². The maximum absolute atomic E-state index is 10.9. The lowest BCUT2D eigenvalue weighted by Crippen LogP contribution is -2.10. The molecule has 0 amide bonds. The van der Waals surface area contributed by atoms with Crippen molar-refractivity contribution in [3.8, 4) is 5.75 Å². The second kappa shape index (κ2) is 6.05. The molecule has 1 N–H and O–H groups in total. The van der Waals surface area contributed by atoms with Crippen LogP contribution in [0.2, 0.25) is 0 Å². The molecule has 0 aliphatic carbocycles. The number of rotatable bonds is 5. The maximum Gasteiger partial charge on any atom is 0.335 e. The van der Waals surface area contributed by atoms with Gasteiger partial charge in [-0.05, 0) is 47.7 Å². The molecule has 0 unspecified atom stereocenters. The molecule has 5 nitrogen and oxygen atoms in total. The van der Waals surface area contributed by atoms with Gasteiger partial charge in [-0.25, -0.2) is 9.78 Å². The van der Waals surface area contributed by atoms with Crippen molar-refractivity contribution in [2.75, 3.05) is 6.61 Å². The molecule has 2 rings (SSSR count). The first-order valence-electron chi connectivity index (χ1n) is 5.71. The number of ether oxygens (including phenoxy) is 1. The summed E-state index contributed by atoms with van der Waals surface area (Å²) < 4.78 is 8.51. The van der Waals surface area contributed by atoms with E-state index in [-0.39, 0.29) is 5.56 Å². The summed E-state index contributed by atoms with van der Waals surface area (Å²) >= 11 is 2.12. The van der Waals surface area contributed by atoms with Gasteiger partial charge in [0.1, 0.15) is 18.2 Å². The van der Waals surface area contributed by atoms with E-state index in [2.05, 4.69) is 27.6 Å². The van der Waals surface area contributed by atoms with Gasteiger partial charge in [0.2, 0.25) is 0 Å². The Morgan fingerprint density at radius 2 is 2.32 bits per heavy atom. The highest BCUT2D eigenvalue weighted by atomic mass is 127. The number of nitrogens with zero attached hydrogens (tertiary/aromatic N) is 2. The second-order valence-corrected chi connectivity index (χ2v) is 5.13. The highest BCUT2D eigenvalue weighted by molar-refractivity contribution is 14.1. The molecule has 6 heteroatoms. The Morgan fingerprint density at radius 1 is 1.53 bits per heavy atom. The van der Waals surface area contributed by atoms with Gasteiger partial charge < -0.3 is 14.4 Å². The molecule has 0 atom stereocenters. The largest absolute Gasteiger partial charge is 0.491 e. The molecule has 100 valence electrons. The molecule has 0 fully saturated rings. The zero-order chi connectivity index (χ0) is 13.8. The van der Waals surface area contributed by atoms with Crippen molar-refractivity contribution in [2.45, 2.75) is 13.5 Å². The normalized spacial score (nSPS) is 10.4. The first-order valence-corrected chi connectivity index (χ1v) is 6.79. The summed E-state index contributed by atoms with van der Waals surface area (Å²) in [6, 6.07) is 4.85. The van der Waals surface area contributed by atoms with Gasteiger partial charge in [-0.3, -0.25) is 0 Å². The molecule has 0 saturated carbocycles. The van der Waals surface area contributed by atoms with Gasteiger partial charge in [0.15, 0.2) is 0 Å². The third kappa shape index (κ3) is 3.46. The molecule has 1 aromatic carbocycles. The molecule has 0 spiro atoms. The number of hydrogen-bond acceptors (Lipinski definition) is 3. The SMILES string of the molecule is Cc1nccn1CCOc1cc(C(=O)O)ccc1I. The number of aryl methyl sites for hydroxylation is 1. The number of imidazole rings is 1. The fourth-order valence-electron chi connectivity index (χ4n) is 1.64. The average Bonchev–Trinajstić information content (AvgIpc) is 2.77. The standard InChI is InChI=1S/C13H13IN2O3/c1-9-15-4-5-16(9)6-7-19-12-8-10(13(17)18)2-3-11(12)14/h2-5,8H,6-7H2,1H3,(H,17,18). The predicted molar refractivity (Wildman–Crippen MR) is 78.6 cm³/mol. The van der Waals surface area contributed by atoms with E-state index in [4.69, 9.17) is 9.84 Å². The number of carboxylic acid groups (broad SMARTS) is 1. The number of benzene rings is 1. The highest BCUT2D eigenvalue weighted by Gasteiger charge is 2.08. The van der Waals surface area contributed by atoms with Crippen LogP contribution in [0, 0.1) is 10.5 Å². The Morgan fingerprint density at radius 3 is 2.95 bits per heavy atom. The first kappa shape index (κ1) is 13.9. The third-order valence-corrected chi connectivity index (χ3v) is 3.58. The third-order valence-electron chi connectivity index (χ3n) is 2.69. The van der Waals surface area contributed by atoms with E-state index in [1.54, 1.807) is 24.4 Å². The summed E-state index contributed by atoms with van der Waals surface area (Å²) in [5, 5.41) is 8.94. The van der Waals surface area contributed by atoms with Crippen molar-refractivity contribution >= 4 is 28.6 Å². The fraction of sp³-hybridized carbons (Fsp3) is 0.231. The molecule has 2 aromatic rings. The number of halogens is 1. The molecule has 0 saturated heterocycles. The summed E-state index contributed by atoms with van der Waals surface area (Å²) in [5.41, 5.74) is 0.231. The van der Waals surface area contributed by atoms with Crippen LogP contribution in [0.3, 0.4) is 0 Å². The van der Waals surface area contributed by atoms with E-state index in [9.17, 15) is 4.79 Å². The second-order valence-electron chi connectivity index (χ2n) is 3.97. The van der Waals surface area contributed by atoms with Crippen LogP contribution in [0.5, 0.6) is 5.75 Å². The van der Waals surface area contributed by atoms with Crippen LogP contribution >= 0.6 is 22.6 Å². The fourth-order valence-corrected chi connectivity index (χ4v) is 2.13. The molecule has 0 aliphatic heterocycles. The van der Waals surface area contributed by atoms with Gasteiger partial charge in [-0.1, -0.05) is 0 Å². The van der Waals surface area contributed by atoms with Crippen molar-refractivity contribution in [3.63, 3.8) is 0 Å². The van der Waals surface area contributed by atoms with E-state index >= 15 is 0 Å². The van der Waals surface area contributed by atoms with Crippen molar-refractivity contribution < 1.29 is 14.6 Å². The summed E-state index contributed by atoms with van der Waals surface area (Å²) in [7, 11) is 0. The highest BCUT2D eigenvalue weighted by Crippen LogP contribution is 2.22. The summed E-state index contributed by atoms with van der Waals surface area (Å²) in [6.45, 7) is 3.07. The zero-order valence-corrected chi connectivity index (χ0v) is 12.5. The van der Waals surface area contributed by atoms with Gasteiger partial charge in [-0.15, -0.1) is 0 Å². The van der Waals surface area contributed by atoms with Crippen molar-refractivity contribution in [1.82, 2.24) is 9.55 Å². The zero-order valence-electron chi connectivity index (χ0n) is 10.3. The Hall–Kier alpha value is -1.57. The molecule has 19 heavy (non-hydrogen) atoms. The number of hydrogen-bond donors (Lipinski definition) is 1. The van der Waals surface area contributed by atoms with E-state index in [1.807, 2.05) is 17.7 Å². The summed E-state index contributed by atoms with van der Waals surface area (Å²) in [4.78, 5) is 15.0. The molecule has 0 aliphatic rings. The summed E-state index contributed by atoms with van der Waals surface area (Å²) in [5.74, 6) is 0.572. The predicted octanol–water partition coefficient (Wildman–Crippen LogP) is 2.57. The summed E-state index contributed by atoms with van der Waals surface area (Å²) in [6.07, 6.45) is 3.63. The minimum absolute atomic E-state index is 0.231. The first-order chi connectivity index (χ1) is 9.08. The number of carboxylic acids is 1. The van der Waals surface area contributed by atoms with Crippen molar-refractivity contribution in [1.29, 1.82) is 0 Å². The molecular weight excluding hydrogens is 359 g/mol. The molecule has 1 heterocycles. The Bertz CT molecular complexity index is 595. The van der Waals surface area contributed by atoms with Crippen LogP contribution in [0.4, 0.5) is 0 Å². The van der Waals surface area contributed by atoms with Crippen molar-refractivity contribution in [3.05, 3.63) is 45.6 Å². The smallest absolute Gasteiger partial charge is 0.335 e. The minimum atomic E-state index is -0.952. The molecule has 1 aromatic heterocycles. The molecule has 0 radical (unpaired) electrons. The van der Waals surface area contributed by atoms with Crippen molar-refractivity contribution in [2.24, 2.45) is 0 Å². The van der Waals surface area contributed by atoms with Crippen LogP contribution in [0.15, 0.2) is 30.6 Å². The van der Waals surface area contributed by atoms with Crippen LogP contribution < -0.4 is 4.74 Å². The minimum Gasteiger partial charge on any atom is -0.491 e. The van der Waals surface area contributed by atoms with Gasteiger partial charge in [0.25, 0.3) is 0 Å². The monoisotopic (exact) mass is 372 g/mol. The number of carbonyl (C=O) groups is 1. The van der Waals surface area contributed by atoms with Crippen LogP contribution in [0.25, 0.3) is 0 Å². The quantitative estimate of drug-likeness (QED) is 0.820. The Kier molecular flexibility index (Phi) is 4.41.